The van der Waals surface area contributed by atoms with Gasteiger partial charge in [-0.15, -0.1) is 0 Å². The number of hydrogen-bond donors (Lipinski definition) is 3. The molecule has 0 radical (unpaired) electrons. The summed E-state index contributed by atoms with van der Waals surface area (Å²) in [6.07, 6.45) is 13.1. The van der Waals surface area contributed by atoms with Crippen LogP contribution in [-0.4, -0.2) is 85.9 Å². The molecule has 3 saturated heterocycles. The lowest BCUT2D eigenvalue weighted by Crippen LogP contribution is -2.63. The lowest BCUT2D eigenvalue weighted by atomic mass is 9.79. The number of nitrogens with one attached hydrogen (secondary N) is 3. The quantitative estimate of drug-likeness (QED) is 0.166. The molecule has 9 nitrogen and oxygen atoms in total. The van der Waals surface area contributed by atoms with E-state index in [0.717, 1.165) is 115 Å². The second kappa shape index (κ2) is 15.9. The average molecular weight is 712 g/mol. The van der Waals surface area contributed by atoms with Crippen LogP contribution in [0.2, 0.25) is 0 Å². The van der Waals surface area contributed by atoms with E-state index in [9.17, 15) is 0 Å². The van der Waals surface area contributed by atoms with Crippen molar-refractivity contribution in [2.75, 3.05) is 34.3 Å². The van der Waals surface area contributed by atoms with Crippen molar-refractivity contribution in [3.05, 3.63) is 0 Å². The van der Waals surface area contributed by atoms with Crippen LogP contribution in [-0.2, 0) is 0 Å². The van der Waals surface area contributed by atoms with Gasteiger partial charge in [-0.3, -0.25) is 0 Å². The summed E-state index contributed by atoms with van der Waals surface area (Å²) in [5.74, 6) is 2.64. The molecule has 0 bridgehead atoms. The fourth-order valence-electron chi connectivity index (χ4n) is 10.5. The highest BCUT2D eigenvalue weighted by Crippen LogP contribution is 2.38. The Morgan fingerprint density at radius 2 is 0.608 bits per heavy atom. The molecule has 0 atom stereocenters. The highest BCUT2D eigenvalue weighted by Gasteiger charge is 2.44. The molecule has 51 heavy (non-hydrogen) atoms. The van der Waals surface area contributed by atoms with Crippen LogP contribution in [0, 0.1) is 0 Å². The van der Waals surface area contributed by atoms with Crippen molar-refractivity contribution in [3.63, 3.8) is 0 Å². The number of anilines is 3. The molecule has 0 saturated carbocycles. The summed E-state index contributed by atoms with van der Waals surface area (Å²) in [7, 11) is 0. The first-order valence-corrected chi connectivity index (χ1v) is 20.9. The summed E-state index contributed by atoms with van der Waals surface area (Å²) in [5.41, 5.74) is 0.133. The van der Waals surface area contributed by atoms with Crippen molar-refractivity contribution in [1.82, 2.24) is 30.9 Å². The Kier molecular flexibility index (Phi) is 13.1. The van der Waals surface area contributed by atoms with E-state index in [2.05, 4.69) is 135 Å². The van der Waals surface area contributed by atoms with Crippen LogP contribution in [0.5, 0.6) is 0 Å². The number of hydrogen-bond acceptors (Lipinski definition) is 9. The van der Waals surface area contributed by atoms with E-state index in [1.165, 1.54) is 0 Å². The van der Waals surface area contributed by atoms with Gasteiger partial charge in [-0.1, -0.05) is 40.0 Å². The Balaban J connectivity index is 1.94. The molecule has 0 spiro atoms. The second-order valence-electron chi connectivity index (χ2n) is 20.7. The molecule has 1 aromatic rings. The third-order valence-corrected chi connectivity index (χ3v) is 11.5. The van der Waals surface area contributed by atoms with E-state index < -0.39 is 0 Å². The molecular weight excluding hydrogens is 631 g/mol. The first kappa shape index (κ1) is 42.0. The standard InChI is InChI=1S/C42H81N9/c1-16-19-22-49(31-25-37(4,5)46-38(6,7)26-31)34-43-35(50(23-20-17-2)32-27-39(8,9)47-40(10,11)28-32)45-36(44-34)51(24-21-18-3)33-29-41(12,13)48-42(14,15)30-33/h31-33,46-48H,16-30H2,1-15H3. The lowest BCUT2D eigenvalue weighted by molar-refractivity contribution is 0.157. The molecule has 4 rings (SSSR count). The maximum absolute atomic E-state index is 5.60. The van der Waals surface area contributed by atoms with Gasteiger partial charge in [0, 0.05) is 71.0 Å². The summed E-state index contributed by atoms with van der Waals surface area (Å²) in [4.78, 5) is 24.6. The van der Waals surface area contributed by atoms with Gasteiger partial charge in [0.05, 0.1) is 0 Å². The van der Waals surface area contributed by atoms with Gasteiger partial charge in [-0.25, -0.2) is 0 Å². The minimum atomic E-state index is 0.0222. The van der Waals surface area contributed by atoms with E-state index in [0.29, 0.717) is 18.1 Å². The molecule has 3 aliphatic heterocycles. The van der Waals surface area contributed by atoms with Gasteiger partial charge >= 0.3 is 0 Å². The molecule has 0 unspecified atom stereocenters. The van der Waals surface area contributed by atoms with Gasteiger partial charge in [0.15, 0.2) is 0 Å². The summed E-state index contributed by atoms with van der Waals surface area (Å²) >= 11 is 0. The van der Waals surface area contributed by atoms with Gasteiger partial charge in [-0.2, -0.15) is 15.0 Å². The molecule has 0 aliphatic carbocycles. The second-order valence-corrected chi connectivity index (χ2v) is 20.7. The Hall–Kier alpha value is -1.71. The minimum absolute atomic E-state index is 0.0222. The van der Waals surface area contributed by atoms with Crippen LogP contribution in [0.1, 0.15) is 181 Å². The monoisotopic (exact) mass is 712 g/mol. The van der Waals surface area contributed by atoms with Crippen molar-refractivity contribution in [2.45, 2.75) is 232 Å². The molecule has 3 fully saturated rings. The van der Waals surface area contributed by atoms with Crippen LogP contribution in [0.25, 0.3) is 0 Å². The molecule has 0 amide bonds. The van der Waals surface area contributed by atoms with E-state index in [-0.39, 0.29) is 33.2 Å². The third kappa shape index (κ3) is 11.6. The maximum atomic E-state index is 5.60. The van der Waals surface area contributed by atoms with Crippen molar-refractivity contribution >= 4 is 17.8 Å². The first-order chi connectivity index (χ1) is 23.5. The van der Waals surface area contributed by atoms with E-state index in [1.807, 2.05) is 0 Å². The summed E-state index contributed by atoms with van der Waals surface area (Å²) in [6.45, 7) is 38.2. The van der Waals surface area contributed by atoms with Crippen LogP contribution >= 0.6 is 0 Å². The largest absolute Gasteiger partial charge is 0.338 e. The van der Waals surface area contributed by atoms with Crippen molar-refractivity contribution < 1.29 is 0 Å². The predicted octanol–water partition coefficient (Wildman–Crippen LogP) is 8.62. The fourth-order valence-corrected chi connectivity index (χ4v) is 10.5. The SMILES string of the molecule is CCCCN(c1nc(N(CCCC)C2CC(C)(C)NC(C)(C)C2)nc(N(CCCC)C2CC(C)(C)NC(C)(C)C2)n1)C1CC(C)(C)NC(C)(C)C1. The summed E-state index contributed by atoms with van der Waals surface area (Å²) in [5, 5.41) is 11.8. The summed E-state index contributed by atoms with van der Waals surface area (Å²) < 4.78 is 0. The number of aromatic nitrogens is 3. The number of nitrogens with zero attached hydrogens (tertiary/aromatic N) is 6. The molecule has 4 heterocycles. The Morgan fingerprint density at radius 1 is 0.412 bits per heavy atom. The van der Waals surface area contributed by atoms with Crippen molar-refractivity contribution in [2.24, 2.45) is 0 Å². The average Bonchev–Trinajstić information content (AvgIpc) is 2.93. The summed E-state index contributed by atoms with van der Waals surface area (Å²) in [6, 6.07) is 1.02. The van der Waals surface area contributed by atoms with Crippen LogP contribution in [0.3, 0.4) is 0 Å². The van der Waals surface area contributed by atoms with E-state index in [1.54, 1.807) is 0 Å². The number of rotatable bonds is 15. The number of piperidine rings is 3. The first-order valence-electron chi connectivity index (χ1n) is 20.9. The molecule has 3 N–H and O–H groups in total. The van der Waals surface area contributed by atoms with Gasteiger partial charge in [0.1, 0.15) is 0 Å². The number of unbranched alkanes of at least 4 members (excludes halogenated alkanes) is 3. The normalized spacial score (nSPS) is 24.3. The van der Waals surface area contributed by atoms with Crippen LogP contribution in [0.15, 0.2) is 0 Å². The zero-order valence-corrected chi connectivity index (χ0v) is 36.0. The Bertz CT molecular complexity index is 1060. The molecule has 294 valence electrons. The topological polar surface area (TPSA) is 84.5 Å². The van der Waals surface area contributed by atoms with Crippen molar-refractivity contribution in [3.8, 4) is 0 Å². The molecule has 3 aliphatic rings. The zero-order valence-electron chi connectivity index (χ0n) is 36.0. The smallest absolute Gasteiger partial charge is 0.232 e. The van der Waals surface area contributed by atoms with E-state index >= 15 is 0 Å². The van der Waals surface area contributed by atoms with Crippen LogP contribution < -0.4 is 30.7 Å². The minimum Gasteiger partial charge on any atom is -0.338 e. The fraction of sp³-hybridized carbons (Fsp3) is 0.929. The van der Waals surface area contributed by atoms with Crippen molar-refractivity contribution in [1.29, 1.82) is 0 Å². The molecule has 9 heteroatoms. The lowest BCUT2D eigenvalue weighted by Gasteiger charge is -2.51. The van der Waals surface area contributed by atoms with Gasteiger partial charge in [0.25, 0.3) is 0 Å². The predicted molar refractivity (Wildman–Crippen MR) is 220 cm³/mol. The van der Waals surface area contributed by atoms with Crippen LogP contribution in [0.4, 0.5) is 17.8 Å². The van der Waals surface area contributed by atoms with E-state index in [4.69, 9.17) is 15.0 Å². The molecule has 0 aromatic carbocycles. The zero-order chi connectivity index (χ0) is 38.0. The van der Waals surface area contributed by atoms with Gasteiger partial charge in [-0.05, 0) is 141 Å². The highest BCUT2D eigenvalue weighted by molar-refractivity contribution is 5.49. The third-order valence-electron chi connectivity index (χ3n) is 11.5. The molecular formula is C42H81N9. The Morgan fingerprint density at radius 3 is 0.784 bits per heavy atom. The Labute approximate surface area is 314 Å². The van der Waals surface area contributed by atoms with Gasteiger partial charge in [0.2, 0.25) is 17.8 Å². The van der Waals surface area contributed by atoms with Gasteiger partial charge < -0.3 is 30.7 Å². The maximum Gasteiger partial charge on any atom is 0.232 e. The molecule has 1 aromatic heterocycles. The highest BCUT2D eigenvalue weighted by atomic mass is 15.4.